The van der Waals surface area contributed by atoms with Gasteiger partial charge in [-0.2, -0.15) is 0 Å². The minimum absolute atomic E-state index is 0.0616. The molecule has 1 aromatic carbocycles. The van der Waals surface area contributed by atoms with Gasteiger partial charge in [-0.3, -0.25) is 0 Å². The van der Waals surface area contributed by atoms with Crippen LogP contribution in [-0.2, 0) is 9.05 Å². The van der Waals surface area contributed by atoms with Crippen LogP contribution in [0.2, 0.25) is 5.02 Å². The van der Waals surface area contributed by atoms with Gasteiger partial charge >= 0.3 is 6.03 Å². The number of amides is 2. The lowest BCUT2D eigenvalue weighted by atomic mass is 10.3. The number of hydrogen-bond acceptors (Lipinski definition) is 3. The molecule has 6 nitrogen and oxygen atoms in total. The molecule has 0 unspecified atom stereocenters. The van der Waals surface area contributed by atoms with Gasteiger partial charge in [-0.05, 0) is 24.3 Å². The van der Waals surface area contributed by atoms with Crippen molar-refractivity contribution in [3.63, 3.8) is 0 Å². The summed E-state index contributed by atoms with van der Waals surface area (Å²) in [6, 6.07) is 6.67. The number of pyridine rings is 1. The molecule has 0 aliphatic rings. The number of anilines is 2. The molecule has 0 aliphatic carbocycles. The molecule has 0 fully saturated rings. The lowest BCUT2D eigenvalue weighted by Crippen LogP contribution is -2.20. The van der Waals surface area contributed by atoms with Crippen LogP contribution in [0.5, 0.6) is 0 Å². The second-order valence-electron chi connectivity index (χ2n) is 3.95. The number of aromatic nitrogens is 1. The summed E-state index contributed by atoms with van der Waals surface area (Å²) in [6.07, 6.45) is 3.30. The molecule has 0 spiro atoms. The van der Waals surface area contributed by atoms with E-state index in [-0.39, 0.29) is 15.6 Å². The predicted octanol–water partition coefficient (Wildman–Crippen LogP) is 2.73. The Kier molecular flexibility index (Phi) is 4.66. The van der Waals surface area contributed by atoms with Crippen LogP contribution in [0.4, 0.5) is 16.2 Å². The van der Waals surface area contributed by atoms with Gasteiger partial charge in [-0.1, -0.05) is 11.6 Å². The third kappa shape index (κ3) is 4.32. The van der Waals surface area contributed by atoms with E-state index in [1.54, 1.807) is 24.5 Å². The van der Waals surface area contributed by atoms with Crippen molar-refractivity contribution in [2.24, 2.45) is 0 Å². The van der Waals surface area contributed by atoms with Crippen molar-refractivity contribution in [2.45, 2.75) is 4.90 Å². The predicted molar refractivity (Wildman–Crippen MR) is 80.1 cm³/mol. The summed E-state index contributed by atoms with van der Waals surface area (Å²) in [5, 5.41) is 5.14. The summed E-state index contributed by atoms with van der Waals surface area (Å²) in [7, 11) is 1.34. The van der Waals surface area contributed by atoms with E-state index in [1.807, 2.05) is 0 Å². The van der Waals surface area contributed by atoms with Crippen molar-refractivity contribution in [3.8, 4) is 0 Å². The minimum atomic E-state index is -3.86. The highest BCUT2D eigenvalue weighted by atomic mass is 35.7. The molecule has 3 N–H and O–H groups in total. The van der Waals surface area contributed by atoms with E-state index in [0.29, 0.717) is 5.69 Å². The Morgan fingerprint density at radius 1 is 1.19 bits per heavy atom. The zero-order valence-electron chi connectivity index (χ0n) is 10.4. The first-order valence-corrected chi connectivity index (χ1v) is 8.33. The van der Waals surface area contributed by atoms with Gasteiger partial charge < -0.3 is 10.6 Å². The number of benzene rings is 1. The summed E-state index contributed by atoms with van der Waals surface area (Å²) in [4.78, 5) is 14.5. The van der Waals surface area contributed by atoms with Gasteiger partial charge in [0.05, 0.1) is 15.6 Å². The first-order chi connectivity index (χ1) is 9.86. The van der Waals surface area contributed by atoms with Crippen LogP contribution in [0, 0.1) is 0 Å². The lowest BCUT2D eigenvalue weighted by Gasteiger charge is -2.08. The molecular weight excluding hydrogens is 337 g/mol. The highest BCUT2D eigenvalue weighted by Crippen LogP contribution is 2.26. The van der Waals surface area contributed by atoms with E-state index in [2.05, 4.69) is 15.6 Å². The van der Waals surface area contributed by atoms with Crippen LogP contribution in [0.25, 0.3) is 0 Å². The summed E-state index contributed by atoms with van der Waals surface area (Å²) in [5.74, 6) is 0. The first kappa shape index (κ1) is 15.6. The zero-order valence-corrected chi connectivity index (χ0v) is 12.8. The van der Waals surface area contributed by atoms with Crippen LogP contribution in [0.3, 0.4) is 0 Å². The Bertz CT molecular complexity index is 767. The molecule has 9 heteroatoms. The molecule has 0 atom stereocenters. The van der Waals surface area contributed by atoms with E-state index < -0.39 is 15.1 Å². The van der Waals surface area contributed by atoms with Crippen molar-refractivity contribution < 1.29 is 18.2 Å². The molecule has 110 valence electrons. The molecule has 2 aromatic rings. The van der Waals surface area contributed by atoms with Gasteiger partial charge in [0.15, 0.2) is 12.4 Å². The Labute approximate surface area is 130 Å². The molecule has 0 saturated heterocycles. The van der Waals surface area contributed by atoms with Crippen molar-refractivity contribution in [3.05, 3.63) is 47.7 Å². The summed E-state index contributed by atoms with van der Waals surface area (Å²) < 4.78 is 22.3. The van der Waals surface area contributed by atoms with Crippen LogP contribution in [0.1, 0.15) is 0 Å². The number of carbonyl (C=O) groups excluding carboxylic acids is 1. The minimum Gasteiger partial charge on any atom is -0.306 e. The maximum atomic E-state index is 11.8. The summed E-state index contributed by atoms with van der Waals surface area (Å²) in [6.45, 7) is 0. The second kappa shape index (κ2) is 6.30. The molecule has 0 radical (unpaired) electrons. The highest BCUT2D eigenvalue weighted by molar-refractivity contribution is 8.13. The quantitative estimate of drug-likeness (QED) is 0.837. The van der Waals surface area contributed by atoms with Gasteiger partial charge in [0.25, 0.3) is 9.05 Å². The fourth-order valence-corrected chi connectivity index (χ4v) is 2.57. The second-order valence-corrected chi connectivity index (χ2v) is 6.92. The summed E-state index contributed by atoms with van der Waals surface area (Å²) >= 11 is 5.91. The fourth-order valence-electron chi connectivity index (χ4n) is 1.50. The number of nitrogens with one attached hydrogen (secondary N) is 3. The maximum Gasteiger partial charge on any atom is 0.323 e. The topological polar surface area (TPSA) is 89.4 Å². The van der Waals surface area contributed by atoms with E-state index in [1.165, 1.54) is 12.1 Å². The normalized spacial score (nSPS) is 11.0. The van der Waals surface area contributed by atoms with Crippen LogP contribution < -0.4 is 15.6 Å². The van der Waals surface area contributed by atoms with Gasteiger partial charge in [-0.15, -0.1) is 0 Å². The molecule has 1 aromatic heterocycles. The smallest absolute Gasteiger partial charge is 0.306 e. The third-order valence-corrected chi connectivity index (χ3v) is 4.10. The number of carbonyl (C=O) groups is 1. The number of urea groups is 1. The van der Waals surface area contributed by atoms with E-state index in [4.69, 9.17) is 22.3 Å². The van der Waals surface area contributed by atoms with Crippen molar-refractivity contribution in [1.82, 2.24) is 0 Å². The molecule has 0 bridgehead atoms. The Balaban J connectivity index is 2.11. The highest BCUT2D eigenvalue weighted by Gasteiger charge is 2.13. The monoisotopic (exact) mass is 346 g/mol. The Morgan fingerprint density at radius 2 is 1.95 bits per heavy atom. The SMILES string of the molecule is O=C(Nc1ccc[nH+]c1)Nc1ccc(S(=O)(=O)Cl)cc1Cl. The number of hydrogen-bond donors (Lipinski definition) is 2. The zero-order chi connectivity index (χ0) is 15.5. The molecule has 21 heavy (non-hydrogen) atoms. The van der Waals surface area contributed by atoms with Gasteiger partial charge in [0.1, 0.15) is 5.69 Å². The largest absolute Gasteiger partial charge is 0.323 e. The number of halogens is 2. The van der Waals surface area contributed by atoms with Crippen LogP contribution in [-0.4, -0.2) is 14.4 Å². The number of rotatable bonds is 3. The lowest BCUT2D eigenvalue weighted by molar-refractivity contribution is -0.377. The van der Waals surface area contributed by atoms with Gasteiger partial charge in [0, 0.05) is 16.7 Å². The van der Waals surface area contributed by atoms with Crippen molar-refractivity contribution in [1.29, 1.82) is 0 Å². The first-order valence-electron chi connectivity index (χ1n) is 5.64. The fraction of sp³-hybridized carbons (Fsp3) is 0. The number of H-pyrrole nitrogens is 1. The van der Waals surface area contributed by atoms with Crippen molar-refractivity contribution >= 4 is 48.7 Å². The average molecular weight is 347 g/mol. The Hall–Kier alpha value is -1.83. The molecule has 2 rings (SSSR count). The molecule has 0 saturated carbocycles. The average Bonchev–Trinajstić information content (AvgIpc) is 2.41. The molecule has 2 amide bonds. The van der Waals surface area contributed by atoms with Crippen molar-refractivity contribution in [2.75, 3.05) is 10.6 Å². The van der Waals surface area contributed by atoms with Crippen LogP contribution >= 0.6 is 22.3 Å². The van der Waals surface area contributed by atoms with Crippen LogP contribution in [0.15, 0.2) is 47.6 Å². The third-order valence-electron chi connectivity index (χ3n) is 2.44. The molecule has 1 heterocycles. The molecular formula is C12H10Cl2N3O3S+. The van der Waals surface area contributed by atoms with E-state index >= 15 is 0 Å². The van der Waals surface area contributed by atoms with E-state index in [9.17, 15) is 13.2 Å². The number of aromatic amines is 1. The van der Waals surface area contributed by atoms with E-state index in [0.717, 1.165) is 6.07 Å². The van der Waals surface area contributed by atoms with Gasteiger partial charge in [0.2, 0.25) is 0 Å². The summed E-state index contributed by atoms with van der Waals surface area (Å²) in [5.41, 5.74) is 0.823. The Morgan fingerprint density at radius 3 is 2.52 bits per heavy atom. The standard InChI is InChI=1S/C12H9Cl2N3O3S/c13-10-6-9(21(14,19)20)3-4-11(10)17-12(18)16-8-2-1-5-15-7-8/h1-7H,(H2,16,17,18)/p+1. The maximum absolute atomic E-state index is 11.8. The van der Waals surface area contributed by atoms with Gasteiger partial charge in [-0.25, -0.2) is 18.2 Å². The molecule has 0 aliphatic heterocycles.